The van der Waals surface area contributed by atoms with Crippen molar-refractivity contribution in [1.29, 1.82) is 0 Å². The van der Waals surface area contributed by atoms with Crippen LogP contribution in [0.25, 0.3) is 0 Å². The summed E-state index contributed by atoms with van der Waals surface area (Å²) in [7, 11) is 1.69. The second-order valence-corrected chi connectivity index (χ2v) is 4.49. The summed E-state index contributed by atoms with van der Waals surface area (Å²) in [6.45, 7) is 4.67. The van der Waals surface area contributed by atoms with Gasteiger partial charge in [-0.15, -0.1) is 0 Å². The van der Waals surface area contributed by atoms with Gasteiger partial charge in [-0.2, -0.15) is 5.10 Å². The molecule has 0 amide bonds. The van der Waals surface area contributed by atoms with Crippen LogP contribution in [0.5, 0.6) is 0 Å². The molecule has 0 aliphatic carbocycles. The smallest absolute Gasteiger partial charge is 0.358 e. The lowest BCUT2D eigenvalue weighted by atomic mass is 10.2. The van der Waals surface area contributed by atoms with Crippen LogP contribution in [0.4, 0.5) is 5.69 Å². The molecule has 2 N–H and O–H groups in total. The molecule has 2 aromatic heterocycles. The van der Waals surface area contributed by atoms with Crippen LogP contribution < -0.4 is 5.73 Å². The number of anilines is 1. The number of imidazole rings is 1. The Labute approximate surface area is 117 Å². The molecule has 0 bridgehead atoms. The first-order chi connectivity index (χ1) is 9.54. The topological polar surface area (TPSA) is 88.0 Å². The minimum absolute atomic E-state index is 0.266. The Balaban J connectivity index is 1.99. The molecule has 2 aromatic rings. The Kier molecular flexibility index (Phi) is 4.07. The molecule has 0 spiro atoms. The van der Waals surface area contributed by atoms with Gasteiger partial charge < -0.3 is 15.0 Å². The molecule has 0 aliphatic heterocycles. The number of nitrogens with zero attached hydrogens (tertiary/aromatic N) is 4. The fourth-order valence-corrected chi connectivity index (χ4v) is 2.04. The van der Waals surface area contributed by atoms with E-state index in [2.05, 4.69) is 10.1 Å². The number of nitrogen functional groups attached to an aromatic ring is 1. The van der Waals surface area contributed by atoms with E-state index >= 15 is 0 Å². The van der Waals surface area contributed by atoms with Gasteiger partial charge in [0, 0.05) is 19.4 Å². The maximum absolute atomic E-state index is 12.0. The largest absolute Gasteiger partial charge is 0.459 e. The third kappa shape index (κ3) is 2.66. The molecule has 108 valence electrons. The highest BCUT2D eigenvalue weighted by Crippen LogP contribution is 2.17. The van der Waals surface area contributed by atoms with E-state index in [4.69, 9.17) is 10.5 Å². The summed E-state index contributed by atoms with van der Waals surface area (Å²) >= 11 is 0. The van der Waals surface area contributed by atoms with Crippen molar-refractivity contribution in [2.45, 2.75) is 26.8 Å². The first kappa shape index (κ1) is 14.1. The van der Waals surface area contributed by atoms with Gasteiger partial charge in [-0.25, -0.2) is 9.78 Å². The predicted molar refractivity (Wildman–Crippen MR) is 74.2 cm³/mol. The molecule has 7 heteroatoms. The Morgan fingerprint density at radius 3 is 2.80 bits per heavy atom. The van der Waals surface area contributed by atoms with Crippen LogP contribution in [0.3, 0.4) is 0 Å². The summed E-state index contributed by atoms with van der Waals surface area (Å²) in [6.07, 6.45) is 4.24. The maximum Gasteiger partial charge on any atom is 0.358 e. The van der Waals surface area contributed by atoms with Crippen molar-refractivity contribution in [2.24, 2.45) is 7.05 Å². The summed E-state index contributed by atoms with van der Waals surface area (Å²) in [5.41, 5.74) is 7.33. The SMILES string of the molecule is CCc1nn(C)c(C(=O)OCCn2ccnc2C)c1N. The molecule has 0 atom stereocenters. The Bertz CT molecular complexity index is 614. The lowest BCUT2D eigenvalue weighted by Crippen LogP contribution is -2.16. The third-order valence-electron chi connectivity index (χ3n) is 3.18. The molecule has 0 saturated heterocycles. The number of hydrogen-bond donors (Lipinski definition) is 1. The summed E-state index contributed by atoms with van der Waals surface area (Å²) in [5.74, 6) is 0.435. The van der Waals surface area contributed by atoms with Crippen molar-refractivity contribution in [2.75, 3.05) is 12.3 Å². The lowest BCUT2D eigenvalue weighted by Gasteiger charge is -2.07. The zero-order chi connectivity index (χ0) is 14.7. The number of ether oxygens (including phenoxy) is 1. The van der Waals surface area contributed by atoms with Crippen LogP contribution in [0.1, 0.15) is 28.9 Å². The molecule has 2 rings (SSSR count). The minimum atomic E-state index is -0.449. The van der Waals surface area contributed by atoms with Crippen LogP contribution in [-0.4, -0.2) is 31.9 Å². The highest BCUT2D eigenvalue weighted by atomic mass is 16.5. The number of rotatable bonds is 5. The average Bonchev–Trinajstić information content (AvgIpc) is 2.93. The van der Waals surface area contributed by atoms with Crippen LogP contribution in [-0.2, 0) is 24.8 Å². The van der Waals surface area contributed by atoms with Gasteiger partial charge in [0.1, 0.15) is 12.4 Å². The number of aromatic nitrogens is 4. The van der Waals surface area contributed by atoms with Crippen molar-refractivity contribution < 1.29 is 9.53 Å². The molecule has 0 aromatic carbocycles. The number of carbonyl (C=O) groups excluding carboxylic acids is 1. The quantitative estimate of drug-likeness (QED) is 0.821. The van der Waals surface area contributed by atoms with Gasteiger partial charge in [0.2, 0.25) is 0 Å². The van der Waals surface area contributed by atoms with Gasteiger partial charge in [0.15, 0.2) is 5.69 Å². The van der Waals surface area contributed by atoms with Crippen LogP contribution in [0.2, 0.25) is 0 Å². The van der Waals surface area contributed by atoms with Gasteiger partial charge >= 0.3 is 5.97 Å². The predicted octanol–water partition coefficient (Wildman–Crippen LogP) is 0.927. The first-order valence-corrected chi connectivity index (χ1v) is 6.50. The zero-order valence-electron chi connectivity index (χ0n) is 12.0. The molecular weight excluding hydrogens is 258 g/mol. The van der Waals surface area contributed by atoms with Gasteiger partial charge in [0.25, 0.3) is 0 Å². The number of aryl methyl sites for hydroxylation is 3. The highest BCUT2D eigenvalue weighted by Gasteiger charge is 2.20. The standard InChI is InChI=1S/C13H19N5O2/c1-4-10-11(14)12(17(3)16-10)13(19)20-8-7-18-6-5-15-9(18)2/h5-6H,4,7-8,14H2,1-3H3. The molecule has 7 nitrogen and oxygen atoms in total. The van der Waals surface area contributed by atoms with Gasteiger partial charge in [0.05, 0.1) is 17.9 Å². The van der Waals surface area contributed by atoms with Gasteiger partial charge in [-0.3, -0.25) is 4.68 Å². The summed E-state index contributed by atoms with van der Waals surface area (Å²) in [5, 5.41) is 4.20. The monoisotopic (exact) mass is 277 g/mol. The average molecular weight is 277 g/mol. The summed E-state index contributed by atoms with van der Waals surface area (Å²) < 4.78 is 8.63. The van der Waals surface area contributed by atoms with Crippen LogP contribution in [0.15, 0.2) is 12.4 Å². The number of carbonyl (C=O) groups is 1. The molecule has 0 fully saturated rings. The fourth-order valence-electron chi connectivity index (χ4n) is 2.04. The van der Waals surface area contributed by atoms with E-state index < -0.39 is 5.97 Å². The third-order valence-corrected chi connectivity index (χ3v) is 3.18. The molecule has 0 unspecified atom stereocenters. The molecule has 2 heterocycles. The molecule has 0 radical (unpaired) electrons. The van der Waals surface area contributed by atoms with Crippen molar-refractivity contribution in [3.05, 3.63) is 29.6 Å². The minimum Gasteiger partial charge on any atom is -0.459 e. The van der Waals surface area contributed by atoms with Crippen molar-refractivity contribution in [3.8, 4) is 0 Å². The van der Waals surface area contributed by atoms with Gasteiger partial charge in [-0.05, 0) is 13.3 Å². The number of hydrogen-bond acceptors (Lipinski definition) is 5. The first-order valence-electron chi connectivity index (χ1n) is 6.50. The normalized spacial score (nSPS) is 10.8. The lowest BCUT2D eigenvalue weighted by molar-refractivity contribution is 0.0479. The van der Waals surface area contributed by atoms with Crippen molar-refractivity contribution >= 4 is 11.7 Å². The summed E-state index contributed by atoms with van der Waals surface area (Å²) in [6, 6.07) is 0. The Morgan fingerprint density at radius 1 is 1.50 bits per heavy atom. The number of nitrogens with two attached hydrogens (primary N) is 1. The van der Waals surface area contributed by atoms with Crippen LogP contribution >= 0.6 is 0 Å². The van der Waals surface area contributed by atoms with E-state index in [1.807, 2.05) is 24.6 Å². The molecule has 0 aliphatic rings. The molecular formula is C13H19N5O2. The van der Waals surface area contributed by atoms with E-state index in [1.165, 1.54) is 4.68 Å². The molecule has 0 saturated carbocycles. The van der Waals surface area contributed by atoms with Crippen LogP contribution in [0, 0.1) is 6.92 Å². The van der Waals surface area contributed by atoms with Crippen molar-refractivity contribution in [1.82, 2.24) is 19.3 Å². The van der Waals surface area contributed by atoms with E-state index in [1.54, 1.807) is 13.2 Å². The second kappa shape index (κ2) is 5.77. The highest BCUT2D eigenvalue weighted by molar-refractivity contribution is 5.93. The summed E-state index contributed by atoms with van der Waals surface area (Å²) in [4.78, 5) is 16.1. The second-order valence-electron chi connectivity index (χ2n) is 4.49. The maximum atomic E-state index is 12.0. The van der Waals surface area contributed by atoms with Gasteiger partial charge in [-0.1, -0.05) is 6.92 Å². The van der Waals surface area contributed by atoms with E-state index in [0.717, 1.165) is 5.82 Å². The Morgan fingerprint density at radius 2 is 2.25 bits per heavy atom. The zero-order valence-corrected chi connectivity index (χ0v) is 12.0. The van der Waals surface area contributed by atoms with E-state index in [-0.39, 0.29) is 6.61 Å². The Hall–Kier alpha value is -2.31. The van der Waals surface area contributed by atoms with Crippen molar-refractivity contribution in [3.63, 3.8) is 0 Å². The fraction of sp³-hybridized carbons (Fsp3) is 0.462. The number of esters is 1. The molecule has 20 heavy (non-hydrogen) atoms. The van der Waals surface area contributed by atoms with E-state index in [9.17, 15) is 4.79 Å². The van der Waals surface area contributed by atoms with E-state index in [0.29, 0.717) is 30.0 Å².